The highest BCUT2D eigenvalue weighted by molar-refractivity contribution is 5.95. The summed E-state index contributed by atoms with van der Waals surface area (Å²) in [6.45, 7) is 15.2. The van der Waals surface area contributed by atoms with Gasteiger partial charge in [-0.25, -0.2) is 10.4 Å². The fraction of sp³-hybridized carbons (Fsp3) is 0.672. The number of benzene rings is 1. The first kappa shape index (κ1) is 50.7. The third kappa shape index (κ3) is 9.70. The number of carbonyl (C=O) groups is 3. The lowest BCUT2D eigenvalue weighted by Gasteiger charge is -2.57. The van der Waals surface area contributed by atoms with E-state index in [2.05, 4.69) is 76.3 Å². The number of methoxy groups -OCH3 is 1. The first-order valence-corrected chi connectivity index (χ1v) is 28.4. The molecule has 2 amide bonds. The lowest BCUT2D eigenvalue weighted by atomic mass is 9.76. The maximum Gasteiger partial charge on any atom is 0.324 e. The molecule has 6 bridgehead atoms. The first-order valence-electron chi connectivity index (χ1n) is 28.4. The van der Waals surface area contributed by atoms with Crippen LogP contribution in [0.2, 0.25) is 0 Å². The van der Waals surface area contributed by atoms with Crippen LogP contribution in [0.3, 0.4) is 0 Å². The van der Waals surface area contributed by atoms with Crippen molar-refractivity contribution in [3.8, 4) is 22.5 Å². The Bertz CT molecular complexity index is 2810. The summed E-state index contributed by atoms with van der Waals surface area (Å²) < 4.78 is 45.2. The van der Waals surface area contributed by atoms with E-state index in [0.717, 1.165) is 83.8 Å². The number of ether oxygens (including phenoxy) is 6. The second-order valence-electron chi connectivity index (χ2n) is 24.6. The van der Waals surface area contributed by atoms with E-state index in [1.807, 2.05) is 0 Å². The van der Waals surface area contributed by atoms with Gasteiger partial charge in [0.2, 0.25) is 11.8 Å². The molecule has 18 heteroatoms. The van der Waals surface area contributed by atoms with Gasteiger partial charge in [-0.15, -0.1) is 0 Å². The van der Waals surface area contributed by atoms with Gasteiger partial charge in [-0.2, -0.15) is 0 Å². The van der Waals surface area contributed by atoms with Crippen LogP contribution in [0.4, 0.5) is 0 Å². The standard InChI is InChI=1S/C58H76N8O10/c1-34(70-4)49-41(23-37(25-59-49)35-11-16-63(17-12-35)38-8-9-38)51-42-24-57(2,3)31-76-56(69)45-6-5-15-66(62-45)55(68)50(61-53(67)48-43-26-72-27-44(43)48)52(64-29-58(30-64)32-73-33-58)54-60-46(28-75-54)36-7-10-47(40(42)22-36)65(51)18-21-74-39-13-19-71-20-14-39/h7,10,22-23,25,28,34-35,38-39,43-45,48,50,52,62H,5-6,8-9,11-21,24,26-27,29-33H2,1-4H3,(H,61,67)/t34-,43-,44+,45-,48?,50-,52-/m0/s1. The van der Waals surface area contributed by atoms with Gasteiger partial charge in [0.1, 0.15) is 30.1 Å². The molecule has 7 atom stereocenters. The zero-order valence-electron chi connectivity index (χ0n) is 44.8. The SMILES string of the molecule is CO[C@@H](C)c1ncc(C2CCN(C3CC3)CC2)cc1-c1c2c3cc(ccc3n1CCOC1CCOCC1)-c1coc(n1)[C@@H](N1CC3(COC3)C1)[C@H](NC(=O)C1[C@H]3COC[C@@H]13)C(=O)N1CCC[C@H](N1)C(=O)OCC(C)(C)C2. The minimum atomic E-state index is -1.08. The van der Waals surface area contributed by atoms with E-state index in [-0.39, 0.29) is 53.8 Å². The van der Waals surface area contributed by atoms with Crippen LogP contribution < -0.4 is 10.7 Å². The summed E-state index contributed by atoms with van der Waals surface area (Å²) in [5.74, 6) is -0.188. The van der Waals surface area contributed by atoms with Crippen molar-refractivity contribution < 1.29 is 47.2 Å². The molecule has 4 aromatic rings. The molecule has 1 unspecified atom stereocenters. The average molecular weight is 1050 g/mol. The Morgan fingerprint density at radius 1 is 0.934 bits per heavy atom. The van der Waals surface area contributed by atoms with Crippen LogP contribution in [0.15, 0.2) is 41.1 Å². The van der Waals surface area contributed by atoms with Gasteiger partial charge in [0, 0.05) is 97.5 Å². The fourth-order valence-electron chi connectivity index (χ4n) is 13.8. The molecular formula is C58H76N8O10. The number of piperidine rings is 1. The number of cyclic esters (lactones) is 1. The smallest absolute Gasteiger partial charge is 0.324 e. The summed E-state index contributed by atoms with van der Waals surface area (Å²) in [5.41, 5.74) is 10.5. The second-order valence-corrected chi connectivity index (χ2v) is 24.6. The van der Waals surface area contributed by atoms with Crippen molar-refractivity contribution in [2.24, 2.45) is 28.6 Å². The number of oxazole rings is 1. The normalized spacial score (nSPS) is 29.6. The number of hydrogen-bond acceptors (Lipinski definition) is 15. The lowest BCUT2D eigenvalue weighted by Crippen LogP contribution is -2.70. The Kier molecular flexibility index (Phi) is 13.6. The molecule has 9 aliphatic rings. The number of hydrogen-bond donors (Lipinski definition) is 2. The van der Waals surface area contributed by atoms with Crippen molar-refractivity contribution in [2.75, 3.05) is 92.7 Å². The van der Waals surface area contributed by atoms with Gasteiger partial charge >= 0.3 is 5.97 Å². The summed E-state index contributed by atoms with van der Waals surface area (Å²) in [4.78, 5) is 59.4. The van der Waals surface area contributed by atoms with Crippen LogP contribution in [0.25, 0.3) is 33.4 Å². The van der Waals surface area contributed by atoms with Crippen molar-refractivity contribution in [3.05, 3.63) is 59.4 Å². The number of hydrazine groups is 1. The molecule has 13 rings (SSSR count). The number of likely N-dealkylation sites (tertiary alicyclic amines) is 2. The molecule has 408 valence electrons. The highest BCUT2D eigenvalue weighted by Gasteiger charge is 2.60. The van der Waals surface area contributed by atoms with E-state index in [1.165, 1.54) is 23.4 Å². The Morgan fingerprint density at radius 2 is 1.72 bits per heavy atom. The van der Waals surface area contributed by atoms with Crippen LogP contribution >= 0.6 is 0 Å². The van der Waals surface area contributed by atoms with E-state index >= 15 is 4.79 Å². The van der Waals surface area contributed by atoms with E-state index in [1.54, 1.807) is 13.4 Å². The maximum atomic E-state index is 15.2. The summed E-state index contributed by atoms with van der Waals surface area (Å²) >= 11 is 0. The van der Waals surface area contributed by atoms with Crippen LogP contribution in [0, 0.1) is 28.6 Å². The molecule has 18 nitrogen and oxygen atoms in total. The number of esters is 1. The monoisotopic (exact) mass is 1040 g/mol. The Balaban J connectivity index is 0.946. The third-order valence-electron chi connectivity index (χ3n) is 18.5. The minimum absolute atomic E-state index is 0.0261. The number of amides is 2. The van der Waals surface area contributed by atoms with Gasteiger partial charge in [-0.1, -0.05) is 19.9 Å². The van der Waals surface area contributed by atoms with Gasteiger partial charge in [0.05, 0.1) is 63.2 Å². The molecular weight excluding hydrogens is 969 g/mol. The first-order chi connectivity index (χ1) is 36.9. The highest BCUT2D eigenvalue weighted by atomic mass is 16.5. The number of carbonyl (C=O) groups excluding carboxylic acids is 3. The summed E-state index contributed by atoms with van der Waals surface area (Å²) in [6.07, 6.45) is 11.7. The van der Waals surface area contributed by atoms with Crippen molar-refractivity contribution in [1.82, 2.24) is 40.1 Å². The molecule has 1 aromatic carbocycles. The predicted octanol–water partition coefficient (Wildman–Crippen LogP) is 5.97. The fourth-order valence-corrected chi connectivity index (χ4v) is 13.8. The number of pyridine rings is 1. The summed E-state index contributed by atoms with van der Waals surface area (Å²) in [7, 11) is 1.75. The Morgan fingerprint density at radius 3 is 2.46 bits per heavy atom. The molecule has 2 N–H and O–H groups in total. The third-order valence-corrected chi connectivity index (χ3v) is 18.5. The predicted molar refractivity (Wildman–Crippen MR) is 280 cm³/mol. The van der Waals surface area contributed by atoms with Gasteiger partial charge in [0.15, 0.2) is 0 Å². The van der Waals surface area contributed by atoms with Crippen molar-refractivity contribution >= 4 is 28.7 Å². The summed E-state index contributed by atoms with van der Waals surface area (Å²) in [5, 5.41) is 5.80. The van der Waals surface area contributed by atoms with Crippen LogP contribution in [0.5, 0.6) is 0 Å². The molecule has 6 saturated heterocycles. The zero-order valence-corrected chi connectivity index (χ0v) is 44.8. The lowest BCUT2D eigenvalue weighted by molar-refractivity contribution is -0.204. The summed E-state index contributed by atoms with van der Waals surface area (Å²) in [6, 6.07) is 7.07. The zero-order chi connectivity index (χ0) is 51.9. The quantitative estimate of drug-likeness (QED) is 0.158. The molecule has 76 heavy (non-hydrogen) atoms. The van der Waals surface area contributed by atoms with Gasteiger partial charge in [-0.05, 0) is 125 Å². The largest absolute Gasteiger partial charge is 0.464 e. The molecule has 8 fully saturated rings. The molecule has 7 aliphatic heterocycles. The average Bonchev–Trinajstić information content (AvgIpc) is 4.39. The van der Waals surface area contributed by atoms with Crippen LogP contribution in [-0.4, -0.2) is 164 Å². The minimum Gasteiger partial charge on any atom is -0.464 e. The number of fused-ring (bicyclic) bond motifs is 7. The van der Waals surface area contributed by atoms with E-state index < -0.39 is 29.5 Å². The Labute approximate surface area is 445 Å². The second kappa shape index (κ2) is 20.5. The van der Waals surface area contributed by atoms with Gasteiger partial charge < -0.3 is 47.6 Å². The van der Waals surface area contributed by atoms with E-state index in [0.29, 0.717) is 109 Å². The number of nitrogens with zero attached hydrogens (tertiary/aromatic N) is 6. The molecule has 2 saturated carbocycles. The van der Waals surface area contributed by atoms with Crippen molar-refractivity contribution in [2.45, 2.75) is 127 Å². The number of rotatable bonds is 12. The van der Waals surface area contributed by atoms with Gasteiger partial charge in [0.25, 0.3) is 5.91 Å². The van der Waals surface area contributed by atoms with E-state index in [9.17, 15) is 9.59 Å². The molecule has 2 aliphatic carbocycles. The van der Waals surface area contributed by atoms with Crippen molar-refractivity contribution in [1.29, 1.82) is 0 Å². The van der Waals surface area contributed by atoms with Crippen LogP contribution in [0.1, 0.15) is 113 Å². The van der Waals surface area contributed by atoms with Gasteiger partial charge in [-0.3, -0.25) is 29.3 Å². The van der Waals surface area contributed by atoms with Crippen LogP contribution in [-0.2, 0) is 55.8 Å². The number of aromatic nitrogens is 3. The number of nitrogens with one attached hydrogen (secondary N) is 2. The molecule has 10 heterocycles. The topological polar surface area (TPSA) is 184 Å². The molecule has 3 aromatic heterocycles. The Hall–Kier alpha value is -4.79. The molecule has 1 spiro atoms. The highest BCUT2D eigenvalue weighted by Crippen LogP contribution is 2.52. The van der Waals surface area contributed by atoms with Crippen molar-refractivity contribution in [3.63, 3.8) is 0 Å². The molecule has 0 radical (unpaired) electrons. The van der Waals surface area contributed by atoms with E-state index in [4.69, 9.17) is 42.8 Å². The maximum absolute atomic E-state index is 15.2.